The van der Waals surface area contributed by atoms with Crippen LogP contribution in [0.15, 0.2) is 18.2 Å². The molecule has 1 aromatic carbocycles. The number of nitrogens with two attached hydrogens (primary N) is 1. The van der Waals surface area contributed by atoms with Gasteiger partial charge in [0.05, 0.1) is 0 Å². The smallest absolute Gasteiger partial charge is 0.157 e. The van der Waals surface area contributed by atoms with Gasteiger partial charge in [-0.05, 0) is 30.5 Å². The lowest BCUT2D eigenvalue weighted by molar-refractivity contribution is 0.280. The lowest BCUT2D eigenvalue weighted by atomic mass is 10.0. The van der Waals surface area contributed by atoms with Gasteiger partial charge < -0.3 is 21.1 Å². The molecule has 5 heteroatoms. The Balaban J connectivity index is 0.00000196. The number of hydrogen-bond donors (Lipinski definition) is 4. The second-order valence-electron chi connectivity index (χ2n) is 3.22. The summed E-state index contributed by atoms with van der Waals surface area (Å²) >= 11 is 0. The number of phenols is 2. The van der Waals surface area contributed by atoms with Gasteiger partial charge in [-0.1, -0.05) is 6.07 Å². The van der Waals surface area contributed by atoms with Crippen LogP contribution in [0, 0.1) is 0 Å². The fourth-order valence-corrected chi connectivity index (χ4v) is 1.25. The summed E-state index contributed by atoms with van der Waals surface area (Å²) in [6.45, 7) is 0.109. The second kappa shape index (κ2) is 6.50. The van der Waals surface area contributed by atoms with Crippen LogP contribution in [0.25, 0.3) is 0 Å². The largest absolute Gasteiger partial charge is 0.504 e. The first-order chi connectivity index (χ1) is 6.65. The van der Waals surface area contributed by atoms with Crippen molar-refractivity contribution >= 4 is 12.4 Å². The van der Waals surface area contributed by atoms with Crippen molar-refractivity contribution in [3.8, 4) is 11.5 Å². The van der Waals surface area contributed by atoms with Gasteiger partial charge in [0.25, 0.3) is 0 Å². The predicted octanol–water partition coefficient (Wildman–Crippen LogP) is 1.29. The van der Waals surface area contributed by atoms with E-state index in [2.05, 4.69) is 0 Å². The van der Waals surface area contributed by atoms with E-state index in [1.54, 1.807) is 6.07 Å². The van der Waals surface area contributed by atoms with Crippen molar-refractivity contribution in [1.29, 1.82) is 0 Å². The molecule has 0 saturated heterocycles. The second-order valence-corrected chi connectivity index (χ2v) is 3.22. The van der Waals surface area contributed by atoms with E-state index in [1.165, 1.54) is 12.1 Å². The summed E-state index contributed by atoms with van der Waals surface area (Å²) in [5, 5.41) is 26.9. The molecule has 1 rings (SSSR count). The van der Waals surface area contributed by atoms with Crippen molar-refractivity contribution in [1.82, 2.24) is 0 Å². The third-order valence-electron chi connectivity index (χ3n) is 2.10. The highest BCUT2D eigenvalue weighted by Crippen LogP contribution is 2.28. The molecule has 0 aliphatic carbocycles. The van der Waals surface area contributed by atoms with E-state index in [0.717, 1.165) is 5.56 Å². The average Bonchev–Trinajstić information content (AvgIpc) is 2.18. The monoisotopic (exact) mass is 233 g/mol. The Kier molecular flexibility index (Phi) is 6.08. The van der Waals surface area contributed by atoms with E-state index in [0.29, 0.717) is 12.8 Å². The number of phenolic OH excluding ortho intramolecular Hbond substituents is 2. The maximum atomic E-state index is 9.22. The Hall–Kier alpha value is -0.970. The van der Waals surface area contributed by atoms with Crippen molar-refractivity contribution in [2.45, 2.75) is 18.9 Å². The number of aliphatic hydroxyl groups is 1. The summed E-state index contributed by atoms with van der Waals surface area (Å²) in [5.74, 6) is -0.315. The molecule has 0 spiro atoms. The van der Waals surface area contributed by atoms with Crippen molar-refractivity contribution in [2.75, 3.05) is 6.61 Å². The number of halogens is 1. The van der Waals surface area contributed by atoms with Crippen LogP contribution in [0.3, 0.4) is 0 Å². The van der Waals surface area contributed by atoms with Gasteiger partial charge in [-0.25, -0.2) is 0 Å². The fraction of sp³-hybridized carbons (Fsp3) is 0.400. The molecule has 0 aliphatic rings. The average molecular weight is 234 g/mol. The first kappa shape index (κ1) is 14.0. The van der Waals surface area contributed by atoms with Gasteiger partial charge in [-0.3, -0.25) is 0 Å². The maximum Gasteiger partial charge on any atom is 0.157 e. The molecule has 0 saturated carbocycles. The molecule has 5 N–H and O–H groups in total. The quantitative estimate of drug-likeness (QED) is 0.591. The van der Waals surface area contributed by atoms with E-state index in [4.69, 9.17) is 15.9 Å². The van der Waals surface area contributed by atoms with Crippen molar-refractivity contribution in [3.05, 3.63) is 23.8 Å². The number of benzene rings is 1. The van der Waals surface area contributed by atoms with Crippen LogP contribution < -0.4 is 5.73 Å². The zero-order chi connectivity index (χ0) is 10.6. The topological polar surface area (TPSA) is 86.7 Å². The molecule has 0 aromatic heterocycles. The molecule has 1 aromatic rings. The Labute approximate surface area is 94.8 Å². The maximum absolute atomic E-state index is 9.22. The summed E-state index contributed by atoms with van der Waals surface area (Å²) in [5.41, 5.74) is 6.55. The third-order valence-corrected chi connectivity index (χ3v) is 2.10. The summed E-state index contributed by atoms with van der Waals surface area (Å²) in [7, 11) is 0. The molecule has 0 bridgehead atoms. The lowest BCUT2D eigenvalue weighted by Crippen LogP contribution is -2.10. The number of hydrogen-bond acceptors (Lipinski definition) is 4. The van der Waals surface area contributed by atoms with Crippen molar-refractivity contribution in [3.63, 3.8) is 0 Å². The Morgan fingerprint density at radius 1 is 1.20 bits per heavy atom. The van der Waals surface area contributed by atoms with Crippen molar-refractivity contribution < 1.29 is 15.3 Å². The van der Waals surface area contributed by atoms with E-state index >= 15 is 0 Å². The summed E-state index contributed by atoms with van der Waals surface area (Å²) in [4.78, 5) is 0. The first-order valence-electron chi connectivity index (χ1n) is 4.53. The zero-order valence-corrected chi connectivity index (χ0v) is 9.07. The van der Waals surface area contributed by atoms with Crippen LogP contribution in [0.4, 0.5) is 0 Å². The molecule has 4 nitrogen and oxygen atoms in total. The van der Waals surface area contributed by atoms with Gasteiger partial charge in [0.15, 0.2) is 11.5 Å². The summed E-state index contributed by atoms with van der Waals surface area (Å²) in [6.07, 6.45) is 1.28. The van der Waals surface area contributed by atoms with Crippen LogP contribution in [0.5, 0.6) is 11.5 Å². The summed E-state index contributed by atoms with van der Waals surface area (Å²) in [6, 6.07) is 4.30. The van der Waals surface area contributed by atoms with Crippen LogP contribution >= 0.6 is 12.4 Å². The third kappa shape index (κ3) is 3.95. The van der Waals surface area contributed by atoms with E-state index < -0.39 is 0 Å². The van der Waals surface area contributed by atoms with Gasteiger partial charge in [-0.15, -0.1) is 12.4 Å². The van der Waals surface area contributed by atoms with Crippen LogP contribution in [0.1, 0.15) is 24.4 Å². The molecule has 0 heterocycles. The molecule has 0 unspecified atom stereocenters. The minimum absolute atomic E-state index is 0. The molecule has 0 radical (unpaired) electrons. The van der Waals surface area contributed by atoms with Crippen LogP contribution in [0.2, 0.25) is 0 Å². The summed E-state index contributed by atoms with van der Waals surface area (Å²) < 4.78 is 0. The van der Waals surface area contributed by atoms with Crippen LogP contribution in [-0.4, -0.2) is 21.9 Å². The van der Waals surface area contributed by atoms with E-state index in [9.17, 15) is 5.11 Å². The zero-order valence-electron chi connectivity index (χ0n) is 8.26. The molecular weight excluding hydrogens is 218 g/mol. The van der Waals surface area contributed by atoms with Crippen molar-refractivity contribution in [2.24, 2.45) is 5.73 Å². The number of aliphatic hydroxyl groups excluding tert-OH is 1. The number of rotatable bonds is 4. The Morgan fingerprint density at radius 3 is 2.40 bits per heavy atom. The lowest BCUT2D eigenvalue weighted by Gasteiger charge is -2.11. The fourth-order valence-electron chi connectivity index (χ4n) is 1.25. The normalized spacial score (nSPS) is 11.9. The standard InChI is InChI=1S/C10H15NO3.ClH/c11-8(2-1-5-12)7-3-4-9(13)10(14)6-7;/h3-4,6,8,12-14H,1-2,5,11H2;1H/t8-;/m0./s1. The highest BCUT2D eigenvalue weighted by atomic mass is 35.5. The van der Waals surface area contributed by atoms with Gasteiger partial charge in [0.1, 0.15) is 0 Å². The minimum Gasteiger partial charge on any atom is -0.504 e. The Morgan fingerprint density at radius 2 is 1.87 bits per heavy atom. The van der Waals surface area contributed by atoms with E-state index in [-0.39, 0.29) is 36.6 Å². The highest BCUT2D eigenvalue weighted by molar-refractivity contribution is 5.85. The molecule has 15 heavy (non-hydrogen) atoms. The highest BCUT2D eigenvalue weighted by Gasteiger charge is 2.07. The van der Waals surface area contributed by atoms with Gasteiger partial charge in [0.2, 0.25) is 0 Å². The molecule has 0 amide bonds. The SMILES string of the molecule is Cl.N[C@@H](CCCO)c1ccc(O)c(O)c1. The van der Waals surface area contributed by atoms with Gasteiger partial charge >= 0.3 is 0 Å². The van der Waals surface area contributed by atoms with Crippen LogP contribution in [-0.2, 0) is 0 Å². The predicted molar refractivity (Wildman–Crippen MR) is 60.3 cm³/mol. The minimum atomic E-state index is -0.214. The van der Waals surface area contributed by atoms with E-state index in [1.807, 2.05) is 0 Å². The Bertz CT molecular complexity index is 307. The van der Waals surface area contributed by atoms with Gasteiger partial charge in [0, 0.05) is 12.6 Å². The molecular formula is C10H16ClNO3. The molecule has 1 atom stereocenters. The first-order valence-corrected chi connectivity index (χ1v) is 4.53. The number of aromatic hydroxyl groups is 2. The van der Waals surface area contributed by atoms with Gasteiger partial charge in [-0.2, -0.15) is 0 Å². The molecule has 0 fully saturated rings. The molecule has 86 valence electrons. The molecule has 0 aliphatic heterocycles.